The maximum Gasteiger partial charge on any atom is 0.0660 e. The number of nitrogens with zero attached hydrogens (tertiary/aromatic N) is 3. The minimum absolute atomic E-state index is 0.798. The highest BCUT2D eigenvalue weighted by Crippen LogP contribution is 2.21. The van der Waals surface area contributed by atoms with Crippen LogP contribution in [0.3, 0.4) is 0 Å². The van der Waals surface area contributed by atoms with Gasteiger partial charge in [0.25, 0.3) is 0 Å². The number of benzene rings is 1. The lowest BCUT2D eigenvalue weighted by Gasteiger charge is -2.29. The largest absolute Gasteiger partial charge is 0.378 e. The van der Waals surface area contributed by atoms with Gasteiger partial charge in [0, 0.05) is 18.8 Å². The Morgan fingerprint density at radius 1 is 1.16 bits per heavy atom. The van der Waals surface area contributed by atoms with Crippen LogP contribution in [0.4, 0.5) is 5.69 Å². The monoisotopic (exact) mass is 278 g/mol. The average molecular weight is 279 g/mol. The zero-order chi connectivity index (χ0) is 13.1. The van der Waals surface area contributed by atoms with Crippen LogP contribution in [0, 0.1) is 0 Å². The molecule has 0 amide bonds. The van der Waals surface area contributed by atoms with Crippen molar-refractivity contribution in [1.29, 1.82) is 0 Å². The molecule has 19 heavy (non-hydrogen) atoms. The van der Waals surface area contributed by atoms with Crippen LogP contribution in [0.1, 0.15) is 5.56 Å². The Morgan fingerprint density at radius 2 is 1.89 bits per heavy atom. The number of ether oxygens (including phenoxy) is 1. The number of morpholine rings is 1. The van der Waals surface area contributed by atoms with Gasteiger partial charge in [0.2, 0.25) is 0 Å². The number of hydrazine groups is 1. The molecule has 100 valence electrons. The van der Waals surface area contributed by atoms with Crippen LogP contribution < -0.4 is 10.3 Å². The van der Waals surface area contributed by atoms with Crippen molar-refractivity contribution in [2.24, 2.45) is 5.10 Å². The summed E-state index contributed by atoms with van der Waals surface area (Å²) in [6.45, 7) is 3.49. The van der Waals surface area contributed by atoms with E-state index >= 15 is 0 Å². The summed E-state index contributed by atoms with van der Waals surface area (Å²) in [5.74, 6) is 0. The summed E-state index contributed by atoms with van der Waals surface area (Å²) in [6, 6.07) is 8.39. The van der Waals surface area contributed by atoms with Crippen molar-refractivity contribution >= 4 is 29.4 Å². The molecule has 0 aromatic heterocycles. The number of hydrogen-bond donors (Lipinski definition) is 1. The Kier molecular flexibility index (Phi) is 3.57. The standard InChI is InChI=1S/C13H15ClN4O/c14-18-15-6-5-13(16-18)11-1-3-12(4-2-11)17-7-9-19-10-8-17/h1-6,16H,7-10H2. The van der Waals surface area contributed by atoms with Crippen LogP contribution in [-0.2, 0) is 4.74 Å². The molecule has 0 spiro atoms. The molecular weight excluding hydrogens is 264 g/mol. The van der Waals surface area contributed by atoms with Crippen molar-refractivity contribution in [2.75, 3.05) is 31.2 Å². The van der Waals surface area contributed by atoms with Gasteiger partial charge in [-0.3, -0.25) is 5.43 Å². The number of hydrogen-bond acceptors (Lipinski definition) is 5. The Hall–Kier alpha value is -1.72. The highest BCUT2D eigenvalue weighted by atomic mass is 35.5. The van der Waals surface area contributed by atoms with Crippen LogP contribution in [0.15, 0.2) is 35.4 Å². The first-order chi connectivity index (χ1) is 9.33. The third-order valence-electron chi connectivity index (χ3n) is 3.18. The summed E-state index contributed by atoms with van der Waals surface area (Å²) >= 11 is 5.78. The molecule has 3 rings (SSSR count). The Morgan fingerprint density at radius 3 is 2.58 bits per heavy atom. The smallest absolute Gasteiger partial charge is 0.0660 e. The molecule has 1 fully saturated rings. The SMILES string of the molecule is ClN1N=CC=C(c2ccc(N3CCOCC3)cc2)N1. The predicted octanol–water partition coefficient (Wildman–Crippen LogP) is 1.82. The quantitative estimate of drug-likeness (QED) is 0.838. The van der Waals surface area contributed by atoms with Crippen LogP contribution >= 0.6 is 11.8 Å². The minimum Gasteiger partial charge on any atom is -0.378 e. The van der Waals surface area contributed by atoms with Gasteiger partial charge in [-0.25, -0.2) is 0 Å². The fourth-order valence-electron chi connectivity index (χ4n) is 2.17. The third-order valence-corrected chi connectivity index (χ3v) is 3.35. The van der Waals surface area contributed by atoms with Crippen molar-refractivity contribution in [1.82, 2.24) is 10.1 Å². The van der Waals surface area contributed by atoms with Crippen LogP contribution in [0.25, 0.3) is 5.70 Å². The molecular formula is C13H15ClN4O. The highest BCUT2D eigenvalue weighted by Gasteiger charge is 2.12. The molecule has 0 bridgehead atoms. The summed E-state index contributed by atoms with van der Waals surface area (Å²) < 4.78 is 6.53. The van der Waals surface area contributed by atoms with Crippen LogP contribution in [-0.4, -0.2) is 37.2 Å². The average Bonchev–Trinajstić information content (AvgIpc) is 2.48. The van der Waals surface area contributed by atoms with Crippen molar-refractivity contribution in [3.63, 3.8) is 0 Å². The second-order valence-electron chi connectivity index (χ2n) is 4.36. The van der Waals surface area contributed by atoms with Gasteiger partial charge >= 0.3 is 0 Å². The van der Waals surface area contributed by atoms with Gasteiger partial charge in [0.15, 0.2) is 0 Å². The van der Waals surface area contributed by atoms with E-state index in [4.69, 9.17) is 16.5 Å². The molecule has 1 aromatic carbocycles. The lowest BCUT2D eigenvalue weighted by molar-refractivity contribution is 0.122. The molecule has 5 nitrogen and oxygen atoms in total. The number of allylic oxidation sites excluding steroid dienone is 1. The van der Waals surface area contributed by atoms with E-state index in [0.29, 0.717) is 0 Å². The molecule has 6 heteroatoms. The molecule has 0 aliphatic carbocycles. The first-order valence-corrected chi connectivity index (χ1v) is 6.57. The van der Waals surface area contributed by atoms with E-state index in [-0.39, 0.29) is 0 Å². The normalized spacial score (nSPS) is 19.1. The molecule has 0 saturated carbocycles. The Labute approximate surface area is 117 Å². The molecule has 2 aliphatic heterocycles. The second kappa shape index (κ2) is 5.50. The van der Waals surface area contributed by atoms with Crippen molar-refractivity contribution < 1.29 is 4.74 Å². The molecule has 1 aromatic rings. The Bertz CT molecular complexity index is 494. The summed E-state index contributed by atoms with van der Waals surface area (Å²) in [4.78, 5) is 2.32. The van der Waals surface area contributed by atoms with Crippen LogP contribution in [0.2, 0.25) is 0 Å². The number of hydrazone groups is 1. The van der Waals surface area contributed by atoms with Crippen LogP contribution in [0.5, 0.6) is 0 Å². The summed E-state index contributed by atoms with van der Waals surface area (Å²) in [7, 11) is 0. The lowest BCUT2D eigenvalue weighted by Crippen LogP contribution is -2.36. The van der Waals surface area contributed by atoms with Crippen molar-refractivity contribution in [3.8, 4) is 0 Å². The van der Waals surface area contributed by atoms with Crippen molar-refractivity contribution in [2.45, 2.75) is 0 Å². The first kappa shape index (κ1) is 12.3. The highest BCUT2D eigenvalue weighted by molar-refractivity contribution is 6.14. The third kappa shape index (κ3) is 2.83. The molecule has 2 heterocycles. The minimum atomic E-state index is 0.798. The fraction of sp³-hybridized carbons (Fsp3) is 0.308. The summed E-state index contributed by atoms with van der Waals surface area (Å²) in [5, 5.41) is 3.86. The number of nitrogens with one attached hydrogen (secondary N) is 1. The van der Waals surface area contributed by atoms with Gasteiger partial charge in [0.05, 0.1) is 36.9 Å². The van der Waals surface area contributed by atoms with Gasteiger partial charge in [-0.1, -0.05) is 12.1 Å². The van der Waals surface area contributed by atoms with Crippen molar-refractivity contribution in [3.05, 3.63) is 35.9 Å². The van der Waals surface area contributed by atoms with E-state index in [2.05, 4.69) is 39.7 Å². The topological polar surface area (TPSA) is 40.1 Å². The fourth-order valence-corrected chi connectivity index (χ4v) is 2.31. The maximum atomic E-state index is 5.78. The predicted molar refractivity (Wildman–Crippen MR) is 76.8 cm³/mol. The van der Waals surface area contributed by atoms with E-state index in [0.717, 1.165) is 37.6 Å². The summed E-state index contributed by atoms with van der Waals surface area (Å²) in [5.41, 5.74) is 6.19. The number of rotatable bonds is 2. The Balaban J connectivity index is 1.75. The molecule has 2 aliphatic rings. The molecule has 1 saturated heterocycles. The van der Waals surface area contributed by atoms with Gasteiger partial charge < -0.3 is 9.64 Å². The van der Waals surface area contributed by atoms with Gasteiger partial charge in [-0.15, -0.1) is 9.74 Å². The van der Waals surface area contributed by atoms with E-state index in [1.54, 1.807) is 6.21 Å². The number of anilines is 1. The van der Waals surface area contributed by atoms with E-state index in [1.165, 1.54) is 10.3 Å². The zero-order valence-corrected chi connectivity index (χ0v) is 11.2. The zero-order valence-electron chi connectivity index (χ0n) is 10.4. The second-order valence-corrected chi connectivity index (χ2v) is 4.68. The molecule has 0 unspecified atom stereocenters. The molecule has 0 radical (unpaired) electrons. The molecule has 0 atom stereocenters. The first-order valence-electron chi connectivity index (χ1n) is 6.23. The number of halogens is 1. The van der Waals surface area contributed by atoms with Gasteiger partial charge in [0.1, 0.15) is 0 Å². The maximum absolute atomic E-state index is 5.78. The van der Waals surface area contributed by atoms with E-state index < -0.39 is 0 Å². The lowest BCUT2D eigenvalue weighted by atomic mass is 10.1. The van der Waals surface area contributed by atoms with Gasteiger partial charge in [-0.05, 0) is 23.8 Å². The summed E-state index contributed by atoms with van der Waals surface area (Å²) in [6.07, 6.45) is 3.55. The van der Waals surface area contributed by atoms with E-state index in [1.807, 2.05) is 6.08 Å². The molecule has 1 N–H and O–H groups in total. The van der Waals surface area contributed by atoms with E-state index in [9.17, 15) is 0 Å². The van der Waals surface area contributed by atoms with Gasteiger partial charge in [-0.2, -0.15) is 0 Å².